The summed E-state index contributed by atoms with van der Waals surface area (Å²) in [5, 5.41) is 0. The molecule has 0 saturated carbocycles. The Labute approximate surface area is 151 Å². The maximum absolute atomic E-state index is 12.6. The van der Waals surface area contributed by atoms with Gasteiger partial charge in [0, 0.05) is 5.92 Å². The Kier molecular flexibility index (Phi) is 8.54. The van der Waals surface area contributed by atoms with Crippen LogP contribution in [-0.4, -0.2) is 3.79 Å². The molecule has 6 heteroatoms. The summed E-state index contributed by atoms with van der Waals surface area (Å²) in [5.41, 5.74) is -0.0598. The van der Waals surface area contributed by atoms with Crippen LogP contribution in [0.2, 0.25) is 0 Å². The molecule has 23 heavy (non-hydrogen) atoms. The first kappa shape index (κ1) is 20.9. The molecule has 0 aliphatic carbocycles. The molecule has 1 rings (SSSR count). The van der Waals surface area contributed by atoms with Gasteiger partial charge >= 0.3 is 6.18 Å². The molecule has 0 radical (unpaired) electrons. The normalized spacial score (nSPS) is 14.0. The lowest BCUT2D eigenvalue weighted by molar-refractivity contribution is -0.137. The largest absolute Gasteiger partial charge is 0.416 e. The minimum absolute atomic E-state index is 0.402. The first-order valence-corrected chi connectivity index (χ1v) is 9.03. The molecular formula is C17H22Cl3F3. The van der Waals surface area contributed by atoms with Gasteiger partial charge in [-0.05, 0) is 24.1 Å². The molecule has 0 aliphatic heterocycles. The van der Waals surface area contributed by atoms with Crippen LogP contribution in [0.25, 0.3) is 0 Å². The van der Waals surface area contributed by atoms with Crippen molar-refractivity contribution in [3.8, 4) is 0 Å². The Bertz CT molecular complexity index is 450. The highest BCUT2D eigenvalue weighted by molar-refractivity contribution is 6.68. The van der Waals surface area contributed by atoms with Gasteiger partial charge in [-0.1, -0.05) is 92.4 Å². The van der Waals surface area contributed by atoms with Crippen molar-refractivity contribution in [3.63, 3.8) is 0 Å². The topological polar surface area (TPSA) is 0 Å². The maximum Gasteiger partial charge on any atom is 0.416 e. The third kappa shape index (κ3) is 7.53. The zero-order valence-corrected chi connectivity index (χ0v) is 15.4. The molecule has 0 spiro atoms. The average molecular weight is 390 g/mol. The van der Waals surface area contributed by atoms with Gasteiger partial charge in [-0.15, -0.1) is 0 Å². The number of halogens is 6. The molecule has 0 bridgehead atoms. The third-order valence-corrected chi connectivity index (χ3v) is 4.67. The van der Waals surface area contributed by atoms with Gasteiger partial charge < -0.3 is 0 Å². The van der Waals surface area contributed by atoms with E-state index in [1.54, 1.807) is 0 Å². The Morgan fingerprint density at radius 1 is 0.870 bits per heavy atom. The van der Waals surface area contributed by atoms with E-state index in [4.69, 9.17) is 34.8 Å². The smallest absolute Gasteiger partial charge is 0.166 e. The summed E-state index contributed by atoms with van der Waals surface area (Å²) in [5.74, 6) is -0.402. The first-order valence-electron chi connectivity index (χ1n) is 7.90. The Morgan fingerprint density at radius 3 is 1.87 bits per heavy atom. The lowest BCUT2D eigenvalue weighted by Gasteiger charge is -2.25. The highest BCUT2D eigenvalue weighted by Crippen LogP contribution is 2.45. The van der Waals surface area contributed by atoms with Crippen molar-refractivity contribution in [2.24, 2.45) is 0 Å². The minimum atomic E-state index is -4.35. The molecule has 0 aliphatic rings. The van der Waals surface area contributed by atoms with E-state index in [1.807, 2.05) is 0 Å². The van der Waals surface area contributed by atoms with Crippen LogP contribution in [0.15, 0.2) is 24.3 Å². The summed E-state index contributed by atoms with van der Waals surface area (Å²) in [4.78, 5) is 0. The average Bonchev–Trinajstić information content (AvgIpc) is 2.44. The molecule has 0 N–H and O–H groups in total. The maximum atomic E-state index is 12.6. The fraction of sp³-hybridized carbons (Fsp3) is 0.647. The SMILES string of the molecule is CCCCCCCCC(c1ccc(C(F)(F)F)cc1)C(Cl)(Cl)Cl. The summed E-state index contributed by atoms with van der Waals surface area (Å²) in [6.07, 6.45) is 2.94. The summed E-state index contributed by atoms with van der Waals surface area (Å²) in [6.45, 7) is 2.16. The first-order chi connectivity index (χ1) is 10.7. The number of rotatable bonds is 8. The standard InChI is InChI=1S/C17H22Cl3F3/c1-2-3-4-5-6-7-8-15(16(18,19)20)13-9-11-14(12-10-13)17(21,22)23/h9-12,15H,2-8H2,1H3. The van der Waals surface area contributed by atoms with Crippen molar-refractivity contribution in [3.05, 3.63) is 35.4 Å². The molecule has 1 aromatic rings. The van der Waals surface area contributed by atoms with Crippen LogP contribution in [0.5, 0.6) is 0 Å². The number of unbranched alkanes of at least 4 members (excludes halogenated alkanes) is 5. The summed E-state index contributed by atoms with van der Waals surface area (Å²) >= 11 is 18.1. The Balaban J connectivity index is 2.68. The zero-order chi connectivity index (χ0) is 17.5. The van der Waals surface area contributed by atoms with Crippen LogP contribution < -0.4 is 0 Å². The fourth-order valence-electron chi connectivity index (χ4n) is 2.55. The van der Waals surface area contributed by atoms with E-state index in [2.05, 4.69) is 6.92 Å². The van der Waals surface area contributed by atoms with Gasteiger partial charge in [0.2, 0.25) is 0 Å². The van der Waals surface area contributed by atoms with Crippen molar-refractivity contribution >= 4 is 34.8 Å². The fourth-order valence-corrected chi connectivity index (χ4v) is 3.26. The van der Waals surface area contributed by atoms with E-state index in [1.165, 1.54) is 31.4 Å². The molecule has 132 valence electrons. The molecule has 1 aromatic carbocycles. The molecular weight excluding hydrogens is 368 g/mol. The second kappa shape index (κ2) is 9.39. The highest BCUT2D eigenvalue weighted by Gasteiger charge is 2.35. The second-order valence-electron chi connectivity index (χ2n) is 5.77. The third-order valence-electron chi connectivity index (χ3n) is 3.88. The van der Waals surface area contributed by atoms with Crippen molar-refractivity contribution in [1.82, 2.24) is 0 Å². The Morgan fingerprint density at radius 2 is 1.39 bits per heavy atom. The number of benzene rings is 1. The van der Waals surface area contributed by atoms with Gasteiger partial charge in [-0.25, -0.2) is 0 Å². The van der Waals surface area contributed by atoms with Crippen LogP contribution in [-0.2, 0) is 6.18 Å². The van der Waals surface area contributed by atoms with E-state index < -0.39 is 21.5 Å². The van der Waals surface area contributed by atoms with Crippen molar-refractivity contribution in [1.29, 1.82) is 0 Å². The van der Waals surface area contributed by atoms with Crippen LogP contribution in [0, 0.1) is 0 Å². The van der Waals surface area contributed by atoms with E-state index >= 15 is 0 Å². The highest BCUT2D eigenvalue weighted by atomic mass is 35.6. The van der Waals surface area contributed by atoms with Crippen LogP contribution >= 0.6 is 34.8 Å². The van der Waals surface area contributed by atoms with Gasteiger partial charge in [-0.2, -0.15) is 13.2 Å². The van der Waals surface area contributed by atoms with Gasteiger partial charge in [0.15, 0.2) is 3.79 Å². The van der Waals surface area contributed by atoms with Crippen molar-refractivity contribution in [2.45, 2.75) is 67.8 Å². The van der Waals surface area contributed by atoms with E-state index in [0.717, 1.165) is 31.4 Å². The van der Waals surface area contributed by atoms with Crippen molar-refractivity contribution in [2.75, 3.05) is 0 Å². The zero-order valence-electron chi connectivity index (χ0n) is 13.1. The van der Waals surface area contributed by atoms with Gasteiger partial charge in [0.1, 0.15) is 0 Å². The molecule has 0 heterocycles. The van der Waals surface area contributed by atoms with Crippen LogP contribution in [0.3, 0.4) is 0 Å². The number of alkyl halides is 6. The van der Waals surface area contributed by atoms with Crippen molar-refractivity contribution < 1.29 is 13.2 Å². The Hall–Kier alpha value is -0.120. The number of hydrogen-bond acceptors (Lipinski definition) is 0. The van der Waals surface area contributed by atoms with Gasteiger partial charge in [-0.3, -0.25) is 0 Å². The molecule has 0 aromatic heterocycles. The van der Waals surface area contributed by atoms with E-state index in [0.29, 0.717) is 12.0 Å². The molecule has 0 saturated heterocycles. The summed E-state index contributed by atoms with van der Waals surface area (Å²) < 4.78 is 36.4. The molecule has 0 amide bonds. The van der Waals surface area contributed by atoms with Crippen LogP contribution in [0.4, 0.5) is 13.2 Å². The summed E-state index contributed by atoms with van der Waals surface area (Å²) in [7, 11) is 0. The molecule has 1 atom stereocenters. The molecule has 1 unspecified atom stereocenters. The second-order valence-corrected chi connectivity index (χ2v) is 8.14. The minimum Gasteiger partial charge on any atom is -0.166 e. The van der Waals surface area contributed by atoms with Gasteiger partial charge in [0.25, 0.3) is 0 Å². The predicted octanol–water partition coefficient (Wildman–Crippen LogP) is 7.91. The lowest BCUT2D eigenvalue weighted by Crippen LogP contribution is -2.17. The number of hydrogen-bond donors (Lipinski definition) is 0. The van der Waals surface area contributed by atoms with Crippen LogP contribution in [0.1, 0.15) is 68.9 Å². The van der Waals surface area contributed by atoms with E-state index in [9.17, 15) is 13.2 Å². The lowest BCUT2D eigenvalue weighted by atomic mass is 9.93. The van der Waals surface area contributed by atoms with Gasteiger partial charge in [0.05, 0.1) is 5.56 Å². The summed E-state index contributed by atoms with van der Waals surface area (Å²) in [6, 6.07) is 4.90. The van der Waals surface area contributed by atoms with E-state index in [-0.39, 0.29) is 0 Å². The monoisotopic (exact) mass is 388 g/mol. The molecule has 0 fully saturated rings. The quantitative estimate of drug-likeness (QED) is 0.313. The molecule has 0 nitrogen and oxygen atoms in total. The predicted molar refractivity (Wildman–Crippen MR) is 92.5 cm³/mol.